The van der Waals surface area contributed by atoms with Crippen LogP contribution >= 0.6 is 27.3 Å². The predicted octanol–water partition coefficient (Wildman–Crippen LogP) is 5.89. The van der Waals surface area contributed by atoms with Crippen molar-refractivity contribution in [2.45, 2.75) is 6.92 Å². The van der Waals surface area contributed by atoms with E-state index in [2.05, 4.69) is 21.2 Å². The number of fused-ring (bicyclic) bond motifs is 1. The van der Waals surface area contributed by atoms with Crippen LogP contribution in [0, 0.1) is 6.92 Å². The maximum absolute atomic E-state index is 12.9. The van der Waals surface area contributed by atoms with Crippen LogP contribution in [-0.4, -0.2) is 25.1 Å². The lowest BCUT2D eigenvalue weighted by Gasteiger charge is -2.09. The van der Waals surface area contributed by atoms with Crippen molar-refractivity contribution in [2.75, 3.05) is 25.3 Å². The van der Waals surface area contributed by atoms with Crippen LogP contribution in [0.15, 0.2) is 53.0 Å². The van der Waals surface area contributed by atoms with E-state index in [1.165, 1.54) is 11.3 Å². The number of anilines is 2. The number of ether oxygens (including phenoxy) is 2. The number of carbonyl (C=O) groups excluding carboxylic acids is 1. The minimum absolute atomic E-state index is 0.255. The third-order valence-electron chi connectivity index (χ3n) is 4.90. The molecule has 2 heterocycles. The van der Waals surface area contributed by atoms with Gasteiger partial charge in [0.25, 0.3) is 5.91 Å². The summed E-state index contributed by atoms with van der Waals surface area (Å²) < 4.78 is 11.7. The molecule has 0 aliphatic rings. The number of nitrogen functional groups attached to an aromatic ring is 1. The Hall–Kier alpha value is -3.10. The molecule has 2 aromatic carbocycles. The number of thiophene rings is 1. The minimum Gasteiger partial charge on any atom is -0.493 e. The molecule has 0 saturated carbocycles. The molecule has 0 aliphatic carbocycles. The van der Waals surface area contributed by atoms with Gasteiger partial charge in [-0.25, -0.2) is 4.98 Å². The average molecular weight is 498 g/mol. The first-order chi connectivity index (χ1) is 14.9. The number of carbonyl (C=O) groups is 1. The van der Waals surface area contributed by atoms with E-state index in [0.717, 1.165) is 26.7 Å². The summed E-state index contributed by atoms with van der Waals surface area (Å²) in [6.45, 7) is 1.97. The first-order valence-electron chi connectivity index (χ1n) is 9.40. The number of hydrogen-bond acceptors (Lipinski definition) is 6. The number of nitrogens with two attached hydrogens (primary N) is 1. The SMILES string of the molecule is COc1ccc(-c2ccc3c(N)c(C(=O)Nc4ccc(Br)c(C)c4)sc3n2)cc1OC. The van der Waals surface area contributed by atoms with Gasteiger partial charge in [0.05, 0.1) is 25.6 Å². The monoisotopic (exact) mass is 497 g/mol. The van der Waals surface area contributed by atoms with E-state index < -0.39 is 0 Å². The smallest absolute Gasteiger partial charge is 0.267 e. The molecule has 0 spiro atoms. The quantitative estimate of drug-likeness (QED) is 0.359. The van der Waals surface area contributed by atoms with Crippen LogP contribution < -0.4 is 20.5 Å². The first kappa shape index (κ1) is 21.1. The molecule has 6 nitrogen and oxygen atoms in total. The van der Waals surface area contributed by atoms with Gasteiger partial charge in [-0.2, -0.15) is 0 Å². The summed E-state index contributed by atoms with van der Waals surface area (Å²) in [7, 11) is 3.19. The van der Waals surface area contributed by atoms with Crippen LogP contribution in [0.25, 0.3) is 21.5 Å². The molecule has 0 fully saturated rings. The third kappa shape index (κ3) is 4.08. The van der Waals surface area contributed by atoms with Crippen molar-refractivity contribution in [3.63, 3.8) is 0 Å². The Bertz CT molecular complexity index is 1300. The highest BCUT2D eigenvalue weighted by atomic mass is 79.9. The van der Waals surface area contributed by atoms with Gasteiger partial charge in [0.2, 0.25) is 0 Å². The highest BCUT2D eigenvalue weighted by molar-refractivity contribution is 9.10. The number of rotatable bonds is 5. The lowest BCUT2D eigenvalue weighted by Crippen LogP contribution is -2.12. The molecule has 4 rings (SSSR count). The number of benzene rings is 2. The zero-order valence-corrected chi connectivity index (χ0v) is 19.6. The van der Waals surface area contributed by atoms with Gasteiger partial charge >= 0.3 is 0 Å². The summed E-state index contributed by atoms with van der Waals surface area (Å²) in [4.78, 5) is 18.7. The van der Waals surface area contributed by atoms with E-state index in [9.17, 15) is 4.79 Å². The molecule has 0 aliphatic heterocycles. The number of amides is 1. The first-order valence-corrected chi connectivity index (χ1v) is 11.0. The number of hydrogen-bond donors (Lipinski definition) is 2. The van der Waals surface area contributed by atoms with Crippen molar-refractivity contribution in [1.29, 1.82) is 0 Å². The topological polar surface area (TPSA) is 86.5 Å². The van der Waals surface area contributed by atoms with Gasteiger partial charge in [-0.05, 0) is 61.0 Å². The Kier molecular flexibility index (Phi) is 5.84. The standard InChI is InChI=1S/C23H20BrN3O3S/c1-12-10-14(5-7-16(12)24)26-22(28)21-20(25)15-6-8-17(27-23(15)31-21)13-4-9-18(29-2)19(11-13)30-3/h4-11H,25H2,1-3H3,(H,26,28). The summed E-state index contributed by atoms with van der Waals surface area (Å²) in [5, 5.41) is 3.67. The Morgan fingerprint density at radius 1 is 1.06 bits per heavy atom. The molecule has 2 aromatic heterocycles. The van der Waals surface area contributed by atoms with Crippen molar-refractivity contribution < 1.29 is 14.3 Å². The van der Waals surface area contributed by atoms with Gasteiger partial charge in [0.15, 0.2) is 11.5 Å². The molecule has 0 bridgehead atoms. The highest BCUT2D eigenvalue weighted by Gasteiger charge is 2.18. The van der Waals surface area contributed by atoms with E-state index in [-0.39, 0.29) is 5.91 Å². The van der Waals surface area contributed by atoms with Crippen LogP contribution in [-0.2, 0) is 0 Å². The van der Waals surface area contributed by atoms with E-state index in [1.807, 2.05) is 55.5 Å². The molecule has 4 aromatic rings. The Balaban J connectivity index is 1.67. The number of aryl methyl sites for hydroxylation is 1. The van der Waals surface area contributed by atoms with Gasteiger partial charge in [-0.3, -0.25) is 4.79 Å². The average Bonchev–Trinajstić information content (AvgIpc) is 3.11. The van der Waals surface area contributed by atoms with Crippen LogP contribution in [0.3, 0.4) is 0 Å². The lowest BCUT2D eigenvalue weighted by molar-refractivity contribution is 0.103. The Labute approximate surface area is 192 Å². The second kappa shape index (κ2) is 8.56. The minimum atomic E-state index is -0.255. The van der Waals surface area contributed by atoms with E-state index in [1.54, 1.807) is 14.2 Å². The molecule has 0 atom stereocenters. The molecule has 31 heavy (non-hydrogen) atoms. The summed E-state index contributed by atoms with van der Waals surface area (Å²) in [6, 6.07) is 15.0. The number of halogens is 1. The molecule has 0 saturated heterocycles. The van der Waals surface area contributed by atoms with Crippen LogP contribution in [0.1, 0.15) is 15.2 Å². The normalized spacial score (nSPS) is 10.8. The fourth-order valence-corrected chi connectivity index (χ4v) is 4.47. The summed E-state index contributed by atoms with van der Waals surface area (Å²) in [6.07, 6.45) is 0. The highest BCUT2D eigenvalue weighted by Crippen LogP contribution is 2.36. The maximum Gasteiger partial charge on any atom is 0.267 e. The van der Waals surface area contributed by atoms with E-state index >= 15 is 0 Å². The van der Waals surface area contributed by atoms with E-state index in [0.29, 0.717) is 32.6 Å². The molecule has 8 heteroatoms. The van der Waals surface area contributed by atoms with Gasteiger partial charge in [0, 0.05) is 21.1 Å². The Morgan fingerprint density at radius 2 is 1.84 bits per heavy atom. The fourth-order valence-electron chi connectivity index (χ4n) is 3.23. The zero-order chi connectivity index (χ0) is 22.1. The van der Waals surface area contributed by atoms with Gasteiger partial charge in [0.1, 0.15) is 9.71 Å². The molecule has 0 radical (unpaired) electrons. The second-order valence-corrected chi connectivity index (χ2v) is 8.74. The van der Waals surface area contributed by atoms with Crippen LogP contribution in [0.2, 0.25) is 0 Å². The molecular weight excluding hydrogens is 478 g/mol. The second-order valence-electron chi connectivity index (χ2n) is 6.88. The number of methoxy groups -OCH3 is 2. The molecular formula is C23H20BrN3O3S. The zero-order valence-electron chi connectivity index (χ0n) is 17.2. The van der Waals surface area contributed by atoms with Gasteiger partial charge in [-0.1, -0.05) is 15.9 Å². The fraction of sp³-hybridized carbons (Fsp3) is 0.130. The summed E-state index contributed by atoms with van der Waals surface area (Å²) >= 11 is 4.74. The van der Waals surface area contributed by atoms with Crippen molar-refractivity contribution in [2.24, 2.45) is 0 Å². The van der Waals surface area contributed by atoms with Crippen molar-refractivity contribution >= 4 is 54.8 Å². The Morgan fingerprint density at radius 3 is 2.55 bits per heavy atom. The van der Waals surface area contributed by atoms with Crippen molar-refractivity contribution in [3.05, 3.63) is 63.4 Å². The lowest BCUT2D eigenvalue weighted by atomic mass is 10.1. The van der Waals surface area contributed by atoms with Gasteiger partial charge in [-0.15, -0.1) is 11.3 Å². The molecule has 3 N–H and O–H groups in total. The van der Waals surface area contributed by atoms with Crippen LogP contribution in [0.4, 0.5) is 11.4 Å². The summed E-state index contributed by atoms with van der Waals surface area (Å²) in [5.74, 6) is 1.02. The van der Waals surface area contributed by atoms with Gasteiger partial charge < -0.3 is 20.5 Å². The largest absolute Gasteiger partial charge is 0.493 e. The van der Waals surface area contributed by atoms with Crippen molar-refractivity contribution in [1.82, 2.24) is 4.98 Å². The third-order valence-corrected chi connectivity index (χ3v) is 6.90. The number of aromatic nitrogens is 1. The summed E-state index contributed by atoms with van der Waals surface area (Å²) in [5.41, 5.74) is 10.1. The molecule has 0 unspecified atom stereocenters. The molecule has 1 amide bonds. The van der Waals surface area contributed by atoms with E-state index in [4.69, 9.17) is 20.2 Å². The molecule has 158 valence electrons. The maximum atomic E-state index is 12.9. The number of pyridine rings is 1. The number of nitrogens with zero attached hydrogens (tertiary/aromatic N) is 1. The van der Waals surface area contributed by atoms with Crippen molar-refractivity contribution in [3.8, 4) is 22.8 Å². The predicted molar refractivity (Wildman–Crippen MR) is 129 cm³/mol. The number of nitrogens with one attached hydrogen (secondary N) is 1. The van der Waals surface area contributed by atoms with Crippen LogP contribution in [0.5, 0.6) is 11.5 Å².